The molecular weight excluding hydrogens is 324 g/mol. The molecule has 0 saturated heterocycles. The first-order chi connectivity index (χ1) is 11.7. The van der Waals surface area contributed by atoms with Crippen molar-refractivity contribution in [2.75, 3.05) is 27.4 Å². The van der Waals surface area contributed by atoms with E-state index in [0.717, 1.165) is 22.3 Å². The molecule has 2 N–H and O–H groups in total. The quantitative estimate of drug-likeness (QED) is 0.435. The van der Waals surface area contributed by atoms with Crippen LogP contribution >= 0.6 is 11.3 Å². The fourth-order valence-corrected chi connectivity index (χ4v) is 2.72. The fraction of sp³-hybridized carbons (Fsp3) is 0.412. The molecule has 0 aliphatic carbocycles. The Balaban J connectivity index is 1.76. The van der Waals surface area contributed by atoms with Crippen molar-refractivity contribution < 1.29 is 9.47 Å². The molecule has 0 fully saturated rings. The highest BCUT2D eigenvalue weighted by Crippen LogP contribution is 2.12. The van der Waals surface area contributed by atoms with E-state index in [2.05, 4.69) is 27.5 Å². The third-order valence-electron chi connectivity index (χ3n) is 3.24. The predicted molar refractivity (Wildman–Crippen MR) is 97.7 cm³/mol. The number of benzene rings is 1. The monoisotopic (exact) mass is 348 g/mol. The zero-order chi connectivity index (χ0) is 17.2. The van der Waals surface area contributed by atoms with Crippen LogP contribution in [0.2, 0.25) is 0 Å². The summed E-state index contributed by atoms with van der Waals surface area (Å²) < 4.78 is 10.5. The molecule has 0 bridgehead atoms. The minimum atomic E-state index is 0.556. The molecule has 1 aromatic carbocycles. The molecule has 0 radical (unpaired) electrons. The van der Waals surface area contributed by atoms with E-state index in [1.807, 2.05) is 30.5 Å². The highest BCUT2D eigenvalue weighted by Gasteiger charge is 2.02. The highest BCUT2D eigenvalue weighted by atomic mass is 32.1. The van der Waals surface area contributed by atoms with Gasteiger partial charge in [0.15, 0.2) is 5.96 Å². The van der Waals surface area contributed by atoms with Crippen molar-refractivity contribution in [1.82, 2.24) is 15.6 Å². The zero-order valence-corrected chi connectivity index (χ0v) is 15.2. The number of aromatic nitrogens is 1. The van der Waals surface area contributed by atoms with Crippen LogP contribution in [0.1, 0.15) is 15.4 Å². The minimum absolute atomic E-state index is 0.556. The maximum atomic E-state index is 5.55. The number of nitrogens with zero attached hydrogens (tertiary/aromatic N) is 2. The van der Waals surface area contributed by atoms with Crippen LogP contribution in [0, 0.1) is 6.92 Å². The molecule has 7 heteroatoms. The van der Waals surface area contributed by atoms with E-state index in [0.29, 0.717) is 26.3 Å². The van der Waals surface area contributed by atoms with E-state index in [-0.39, 0.29) is 0 Å². The summed E-state index contributed by atoms with van der Waals surface area (Å²) in [6.07, 6.45) is 1.88. The molecule has 130 valence electrons. The number of hydrogen-bond acceptors (Lipinski definition) is 5. The number of ether oxygens (including phenoxy) is 2. The van der Waals surface area contributed by atoms with Gasteiger partial charge in [0.2, 0.25) is 0 Å². The van der Waals surface area contributed by atoms with Crippen molar-refractivity contribution in [3.8, 4) is 5.75 Å². The minimum Gasteiger partial charge on any atom is -0.491 e. The van der Waals surface area contributed by atoms with Crippen molar-refractivity contribution in [3.63, 3.8) is 0 Å². The molecule has 0 saturated carbocycles. The van der Waals surface area contributed by atoms with Gasteiger partial charge in [0.05, 0.1) is 13.2 Å². The Morgan fingerprint density at radius 3 is 2.54 bits per heavy atom. The second-order valence-corrected chi connectivity index (χ2v) is 6.45. The number of rotatable bonds is 8. The number of methoxy groups -OCH3 is 1. The summed E-state index contributed by atoms with van der Waals surface area (Å²) in [5.74, 6) is 1.60. The topological polar surface area (TPSA) is 67.8 Å². The average Bonchev–Trinajstić information content (AvgIpc) is 3.02. The number of guanidine groups is 1. The summed E-state index contributed by atoms with van der Waals surface area (Å²) in [5.41, 5.74) is 1.15. The Hall–Kier alpha value is -2.12. The summed E-state index contributed by atoms with van der Waals surface area (Å²) in [7, 11) is 3.42. The van der Waals surface area contributed by atoms with Crippen molar-refractivity contribution in [1.29, 1.82) is 0 Å². The Labute approximate surface area is 146 Å². The van der Waals surface area contributed by atoms with Gasteiger partial charge < -0.3 is 20.1 Å². The molecule has 0 aliphatic heterocycles. The molecule has 1 aromatic heterocycles. The predicted octanol–water partition coefficient (Wildman–Crippen LogP) is 2.34. The van der Waals surface area contributed by atoms with Crippen LogP contribution in [0.5, 0.6) is 5.75 Å². The van der Waals surface area contributed by atoms with Crippen molar-refractivity contribution >= 4 is 17.3 Å². The lowest BCUT2D eigenvalue weighted by molar-refractivity contribution is 0.146. The third kappa shape index (κ3) is 6.17. The number of nitrogens with one attached hydrogen (secondary N) is 2. The van der Waals surface area contributed by atoms with Gasteiger partial charge in [-0.25, -0.2) is 4.98 Å². The number of aryl methyl sites for hydroxylation is 1. The van der Waals surface area contributed by atoms with Crippen molar-refractivity contribution in [3.05, 3.63) is 45.9 Å². The fourth-order valence-electron chi connectivity index (χ4n) is 2.00. The van der Waals surface area contributed by atoms with E-state index < -0.39 is 0 Å². The van der Waals surface area contributed by atoms with E-state index in [9.17, 15) is 0 Å². The molecule has 2 rings (SSSR count). The van der Waals surface area contributed by atoms with Gasteiger partial charge in [-0.05, 0) is 24.6 Å². The highest BCUT2D eigenvalue weighted by molar-refractivity contribution is 7.11. The van der Waals surface area contributed by atoms with Crippen LogP contribution in [-0.2, 0) is 17.8 Å². The Morgan fingerprint density at radius 2 is 1.92 bits per heavy atom. The molecule has 6 nitrogen and oxygen atoms in total. The second kappa shape index (κ2) is 9.89. The van der Waals surface area contributed by atoms with Crippen LogP contribution in [0.4, 0.5) is 0 Å². The third-order valence-corrected chi connectivity index (χ3v) is 4.15. The maximum absolute atomic E-state index is 5.55. The van der Waals surface area contributed by atoms with Crippen LogP contribution in [0.15, 0.2) is 35.5 Å². The Bertz CT molecular complexity index is 640. The second-order valence-electron chi connectivity index (χ2n) is 5.13. The number of hydrogen-bond donors (Lipinski definition) is 2. The Kier molecular flexibility index (Phi) is 7.51. The van der Waals surface area contributed by atoms with Gasteiger partial charge in [-0.1, -0.05) is 12.1 Å². The first-order valence-corrected chi connectivity index (χ1v) is 8.59. The van der Waals surface area contributed by atoms with Crippen molar-refractivity contribution in [2.45, 2.75) is 20.0 Å². The summed E-state index contributed by atoms with van der Waals surface area (Å²) in [4.78, 5) is 9.77. The largest absolute Gasteiger partial charge is 0.491 e. The molecule has 2 aromatic rings. The van der Waals surface area contributed by atoms with Gasteiger partial charge in [-0.15, -0.1) is 11.3 Å². The van der Waals surface area contributed by atoms with E-state index in [1.165, 1.54) is 4.88 Å². The van der Waals surface area contributed by atoms with Gasteiger partial charge in [-0.2, -0.15) is 0 Å². The first-order valence-electron chi connectivity index (χ1n) is 7.77. The van der Waals surface area contributed by atoms with Crippen LogP contribution in [0.3, 0.4) is 0 Å². The lowest BCUT2D eigenvalue weighted by atomic mass is 10.2. The van der Waals surface area contributed by atoms with Crippen molar-refractivity contribution in [2.24, 2.45) is 4.99 Å². The van der Waals surface area contributed by atoms with Gasteiger partial charge in [-0.3, -0.25) is 4.99 Å². The normalized spacial score (nSPS) is 11.4. The molecular formula is C17H24N4O2S. The number of aliphatic imine (C=N–C) groups is 1. The van der Waals surface area contributed by atoms with Gasteiger partial charge >= 0.3 is 0 Å². The summed E-state index contributed by atoms with van der Waals surface area (Å²) in [6, 6.07) is 7.99. The van der Waals surface area contributed by atoms with Gasteiger partial charge in [0.1, 0.15) is 17.4 Å². The van der Waals surface area contributed by atoms with Crippen LogP contribution < -0.4 is 15.4 Å². The van der Waals surface area contributed by atoms with E-state index in [4.69, 9.17) is 9.47 Å². The Morgan fingerprint density at radius 1 is 1.17 bits per heavy atom. The van der Waals surface area contributed by atoms with Gasteiger partial charge in [0, 0.05) is 31.8 Å². The number of thiazole rings is 1. The lowest BCUT2D eigenvalue weighted by Gasteiger charge is -2.11. The molecule has 24 heavy (non-hydrogen) atoms. The van der Waals surface area contributed by atoms with E-state index in [1.54, 1.807) is 25.5 Å². The average molecular weight is 348 g/mol. The van der Waals surface area contributed by atoms with E-state index >= 15 is 0 Å². The van der Waals surface area contributed by atoms with Gasteiger partial charge in [0.25, 0.3) is 0 Å². The van der Waals surface area contributed by atoms with Crippen LogP contribution in [0.25, 0.3) is 0 Å². The molecule has 0 unspecified atom stereocenters. The summed E-state index contributed by atoms with van der Waals surface area (Å²) in [5, 5.41) is 7.60. The summed E-state index contributed by atoms with van der Waals surface area (Å²) in [6.45, 7) is 4.56. The maximum Gasteiger partial charge on any atom is 0.191 e. The molecule has 0 atom stereocenters. The SMILES string of the molecule is CN=C(NCc1ccc(OCCOC)cc1)NCc1ncc(C)s1. The molecule has 0 spiro atoms. The summed E-state index contributed by atoms with van der Waals surface area (Å²) >= 11 is 1.69. The zero-order valence-electron chi connectivity index (χ0n) is 14.3. The molecule has 0 aliphatic rings. The lowest BCUT2D eigenvalue weighted by Crippen LogP contribution is -2.36. The molecule has 1 heterocycles. The van der Waals surface area contributed by atoms with Crippen LogP contribution in [-0.4, -0.2) is 38.3 Å². The smallest absolute Gasteiger partial charge is 0.191 e. The standard InChI is InChI=1S/C17H24N4O2S/c1-13-10-19-16(24-13)12-21-17(18-2)20-11-14-4-6-15(7-5-14)23-9-8-22-3/h4-7,10H,8-9,11-12H2,1-3H3,(H2,18,20,21). The molecule has 0 amide bonds. The first kappa shape index (κ1) is 18.2.